The smallest absolute Gasteiger partial charge is 0.270 e. The van der Waals surface area contributed by atoms with E-state index in [-0.39, 0.29) is 23.1 Å². The molecule has 1 atom stereocenters. The van der Waals surface area contributed by atoms with Crippen molar-refractivity contribution >= 4 is 16.7 Å². The summed E-state index contributed by atoms with van der Waals surface area (Å²) < 4.78 is 34.7. The van der Waals surface area contributed by atoms with E-state index in [0.717, 1.165) is 11.1 Å². The van der Waals surface area contributed by atoms with Gasteiger partial charge >= 0.3 is 0 Å². The summed E-state index contributed by atoms with van der Waals surface area (Å²) in [6.45, 7) is 1.89. The molecule has 0 aliphatic carbocycles. The van der Waals surface area contributed by atoms with Crippen LogP contribution in [-0.4, -0.2) is 47.7 Å². The van der Waals surface area contributed by atoms with Crippen molar-refractivity contribution in [2.24, 2.45) is 7.05 Å². The van der Waals surface area contributed by atoms with Crippen LogP contribution >= 0.6 is 0 Å². The van der Waals surface area contributed by atoms with E-state index in [1.54, 1.807) is 37.4 Å². The molecule has 10 heteroatoms. The van der Waals surface area contributed by atoms with Crippen molar-refractivity contribution < 1.29 is 13.5 Å². The minimum absolute atomic E-state index is 0.0312. The quantitative estimate of drug-likeness (QED) is 0.389. The Morgan fingerprint density at radius 1 is 0.949 bits per heavy atom. The van der Waals surface area contributed by atoms with E-state index >= 15 is 0 Å². The molecule has 1 unspecified atom stereocenters. The van der Waals surface area contributed by atoms with Gasteiger partial charge in [0.25, 0.3) is 5.56 Å². The molecule has 0 N–H and O–H groups in total. The van der Waals surface area contributed by atoms with Gasteiger partial charge in [-0.1, -0.05) is 18.2 Å². The fourth-order valence-electron chi connectivity index (χ4n) is 5.21. The van der Waals surface area contributed by atoms with Gasteiger partial charge in [-0.25, -0.2) is 13.8 Å². The number of pyridine rings is 2. The standard InChI is InChI=1S/C29H24F2N6O2/c1-35-24-10-8-21(16-32)34-26(24)28(23(17-33)29(35)38)37-13-11-36(12-14-37)27(18-3-5-19(30)6-4-18)22-9-7-20(31)15-25(22)39-2/h3-10,15,27H,11-14H2,1-2H3. The van der Waals surface area contributed by atoms with Gasteiger partial charge in [0, 0.05) is 44.9 Å². The first-order chi connectivity index (χ1) is 18.9. The third-order valence-corrected chi connectivity index (χ3v) is 7.11. The Balaban J connectivity index is 1.55. The maximum absolute atomic E-state index is 14.0. The Morgan fingerprint density at radius 3 is 2.28 bits per heavy atom. The summed E-state index contributed by atoms with van der Waals surface area (Å²) in [5.41, 5.74) is 2.61. The molecule has 1 aliphatic heterocycles. The average molecular weight is 527 g/mol. The number of aromatic nitrogens is 2. The van der Waals surface area contributed by atoms with Crippen molar-refractivity contribution in [3.05, 3.63) is 99.0 Å². The molecule has 3 heterocycles. The highest BCUT2D eigenvalue weighted by Crippen LogP contribution is 2.37. The van der Waals surface area contributed by atoms with Crippen molar-refractivity contribution in [1.29, 1.82) is 10.5 Å². The van der Waals surface area contributed by atoms with Crippen molar-refractivity contribution in [1.82, 2.24) is 14.5 Å². The van der Waals surface area contributed by atoms with Crippen LogP contribution in [0.1, 0.15) is 28.4 Å². The van der Waals surface area contributed by atoms with Gasteiger partial charge in [0.2, 0.25) is 0 Å². The summed E-state index contributed by atoms with van der Waals surface area (Å²) in [5, 5.41) is 19.3. The highest BCUT2D eigenvalue weighted by atomic mass is 19.1. The summed E-state index contributed by atoms with van der Waals surface area (Å²) >= 11 is 0. The highest BCUT2D eigenvalue weighted by Gasteiger charge is 2.31. The van der Waals surface area contributed by atoms with Crippen molar-refractivity contribution in [2.75, 3.05) is 38.2 Å². The van der Waals surface area contributed by atoms with E-state index in [1.165, 1.54) is 35.9 Å². The van der Waals surface area contributed by atoms with Gasteiger partial charge in [0.15, 0.2) is 0 Å². The molecule has 2 aromatic heterocycles. The zero-order valence-electron chi connectivity index (χ0n) is 21.4. The number of piperazine rings is 1. The number of benzene rings is 2. The Bertz CT molecular complexity index is 1700. The number of ether oxygens (including phenoxy) is 1. The number of nitrogens with zero attached hydrogens (tertiary/aromatic N) is 6. The number of fused-ring (bicyclic) bond motifs is 1. The monoisotopic (exact) mass is 526 g/mol. The number of hydrogen-bond donors (Lipinski definition) is 0. The van der Waals surface area contributed by atoms with Crippen molar-refractivity contribution in [3.63, 3.8) is 0 Å². The van der Waals surface area contributed by atoms with Crippen LogP contribution in [0.25, 0.3) is 11.0 Å². The van der Waals surface area contributed by atoms with Crippen molar-refractivity contribution in [3.8, 4) is 17.9 Å². The molecular weight excluding hydrogens is 502 g/mol. The summed E-state index contributed by atoms with van der Waals surface area (Å²) in [6.07, 6.45) is 0. The molecule has 39 heavy (non-hydrogen) atoms. The second-order valence-corrected chi connectivity index (χ2v) is 9.24. The maximum atomic E-state index is 14.0. The van der Waals surface area contributed by atoms with Crippen LogP contribution < -0.4 is 15.2 Å². The van der Waals surface area contributed by atoms with Crippen LogP contribution in [0.4, 0.5) is 14.5 Å². The Morgan fingerprint density at radius 2 is 1.64 bits per heavy atom. The lowest BCUT2D eigenvalue weighted by molar-refractivity contribution is 0.208. The molecular formula is C29H24F2N6O2. The Labute approximate surface area is 223 Å². The first-order valence-electron chi connectivity index (χ1n) is 12.3. The molecule has 0 radical (unpaired) electrons. The summed E-state index contributed by atoms with van der Waals surface area (Å²) in [4.78, 5) is 21.6. The van der Waals surface area contributed by atoms with E-state index in [9.17, 15) is 24.1 Å². The van der Waals surface area contributed by atoms with Gasteiger partial charge in [-0.3, -0.25) is 9.69 Å². The lowest BCUT2D eigenvalue weighted by Gasteiger charge is -2.41. The molecule has 4 aromatic rings. The second kappa shape index (κ2) is 10.5. The van der Waals surface area contributed by atoms with Gasteiger partial charge in [-0.2, -0.15) is 10.5 Å². The van der Waals surface area contributed by atoms with Crippen LogP contribution in [0.2, 0.25) is 0 Å². The average Bonchev–Trinajstić information content (AvgIpc) is 2.96. The molecule has 8 nitrogen and oxygen atoms in total. The van der Waals surface area contributed by atoms with Gasteiger partial charge < -0.3 is 14.2 Å². The van der Waals surface area contributed by atoms with Crippen LogP contribution in [0.15, 0.2) is 59.4 Å². The number of nitriles is 2. The van der Waals surface area contributed by atoms with Crippen LogP contribution in [-0.2, 0) is 7.05 Å². The number of rotatable bonds is 5. The number of halogens is 2. The normalized spacial score (nSPS) is 14.6. The second-order valence-electron chi connectivity index (χ2n) is 9.24. The van der Waals surface area contributed by atoms with Crippen LogP contribution in [0, 0.1) is 34.3 Å². The van der Waals surface area contributed by atoms with E-state index in [2.05, 4.69) is 9.88 Å². The minimum Gasteiger partial charge on any atom is -0.496 e. The van der Waals surface area contributed by atoms with Gasteiger partial charge in [0.1, 0.15) is 46.3 Å². The van der Waals surface area contributed by atoms with Gasteiger partial charge in [-0.15, -0.1) is 0 Å². The highest BCUT2D eigenvalue weighted by molar-refractivity contribution is 5.92. The summed E-state index contributed by atoms with van der Waals surface area (Å²) in [5.74, 6) is -0.410. The third-order valence-electron chi connectivity index (χ3n) is 7.11. The Kier molecular flexibility index (Phi) is 6.97. The SMILES string of the molecule is COc1cc(F)ccc1C(c1ccc(F)cc1)N1CCN(c2c(C#N)c(=O)n(C)c3ccc(C#N)nc23)CC1. The molecule has 0 bridgehead atoms. The molecule has 1 aliphatic rings. The molecule has 196 valence electrons. The third kappa shape index (κ3) is 4.67. The first kappa shape index (κ1) is 25.8. The number of anilines is 1. The Hall–Kier alpha value is -4.80. The topological polar surface area (TPSA) is 98.2 Å². The van der Waals surface area contributed by atoms with Gasteiger partial charge in [-0.05, 0) is 35.9 Å². The summed E-state index contributed by atoms with van der Waals surface area (Å²) in [7, 11) is 3.05. The lowest BCUT2D eigenvalue weighted by Crippen LogP contribution is -2.48. The maximum Gasteiger partial charge on any atom is 0.270 e. The predicted octanol–water partition coefficient (Wildman–Crippen LogP) is 3.88. The van der Waals surface area contributed by atoms with E-state index in [0.29, 0.717) is 48.6 Å². The minimum atomic E-state index is -0.436. The molecule has 0 amide bonds. The van der Waals surface area contributed by atoms with E-state index in [4.69, 9.17) is 4.74 Å². The summed E-state index contributed by atoms with van der Waals surface area (Å²) in [6, 6.07) is 17.4. The van der Waals surface area contributed by atoms with Crippen LogP contribution in [0.3, 0.4) is 0 Å². The predicted molar refractivity (Wildman–Crippen MR) is 141 cm³/mol. The fourth-order valence-corrected chi connectivity index (χ4v) is 5.21. The lowest BCUT2D eigenvalue weighted by atomic mass is 9.95. The number of methoxy groups -OCH3 is 1. The molecule has 2 aromatic carbocycles. The van der Waals surface area contributed by atoms with E-state index < -0.39 is 11.4 Å². The fraction of sp³-hybridized carbons (Fsp3) is 0.241. The largest absolute Gasteiger partial charge is 0.496 e. The zero-order chi connectivity index (χ0) is 27.7. The zero-order valence-corrected chi connectivity index (χ0v) is 21.4. The molecule has 0 spiro atoms. The first-order valence-corrected chi connectivity index (χ1v) is 12.3. The van der Waals surface area contributed by atoms with Crippen molar-refractivity contribution in [2.45, 2.75) is 6.04 Å². The molecule has 0 saturated carbocycles. The molecule has 1 fully saturated rings. The van der Waals surface area contributed by atoms with E-state index in [1.807, 2.05) is 17.0 Å². The number of hydrogen-bond acceptors (Lipinski definition) is 7. The number of aryl methyl sites for hydroxylation is 1. The van der Waals surface area contributed by atoms with Crippen LogP contribution in [0.5, 0.6) is 5.75 Å². The van der Waals surface area contributed by atoms with Gasteiger partial charge in [0.05, 0.1) is 24.4 Å². The molecule has 5 rings (SSSR count). The molecule has 1 saturated heterocycles.